The highest BCUT2D eigenvalue weighted by Gasteiger charge is 2.40. The number of nitrogens with one attached hydrogen (secondary N) is 1. The van der Waals surface area contributed by atoms with Crippen molar-refractivity contribution < 1.29 is 9.59 Å². The molecule has 22 heavy (non-hydrogen) atoms. The van der Waals surface area contributed by atoms with Gasteiger partial charge in [0, 0.05) is 38.1 Å². The summed E-state index contributed by atoms with van der Waals surface area (Å²) in [5.41, 5.74) is 2.65. The lowest BCUT2D eigenvalue weighted by molar-refractivity contribution is -0.135. The zero-order valence-corrected chi connectivity index (χ0v) is 12.6. The first-order valence-electron chi connectivity index (χ1n) is 8.08. The van der Waals surface area contributed by atoms with Crippen LogP contribution >= 0.6 is 0 Å². The number of amides is 2. The number of hydrogen-bond acceptors (Lipinski definition) is 3. The van der Waals surface area contributed by atoms with E-state index in [1.54, 1.807) is 0 Å². The predicted molar refractivity (Wildman–Crippen MR) is 81.8 cm³/mol. The zero-order valence-electron chi connectivity index (χ0n) is 12.6. The molecule has 5 nitrogen and oxygen atoms in total. The zero-order chi connectivity index (χ0) is 15.1. The molecule has 3 aliphatic rings. The minimum atomic E-state index is 0.0820. The lowest BCUT2D eigenvalue weighted by atomic mass is 10.1. The Bertz CT molecular complexity index is 591. The van der Waals surface area contributed by atoms with E-state index in [-0.39, 0.29) is 23.9 Å². The second-order valence-electron chi connectivity index (χ2n) is 6.61. The Balaban J connectivity index is 1.44. The third-order valence-corrected chi connectivity index (χ3v) is 5.13. The Hall–Kier alpha value is -1.88. The first-order valence-corrected chi connectivity index (χ1v) is 8.08. The van der Waals surface area contributed by atoms with E-state index < -0.39 is 0 Å². The van der Waals surface area contributed by atoms with Gasteiger partial charge in [0.05, 0.1) is 6.54 Å². The van der Waals surface area contributed by atoms with Crippen molar-refractivity contribution in [3.8, 4) is 0 Å². The van der Waals surface area contributed by atoms with Gasteiger partial charge in [0.15, 0.2) is 0 Å². The van der Waals surface area contributed by atoms with Crippen LogP contribution < -0.4 is 5.32 Å². The van der Waals surface area contributed by atoms with Crippen LogP contribution in [0.25, 0.3) is 0 Å². The van der Waals surface area contributed by atoms with Gasteiger partial charge in [-0.25, -0.2) is 0 Å². The number of rotatable bonds is 2. The van der Waals surface area contributed by atoms with Crippen LogP contribution in [0.1, 0.15) is 30.4 Å². The first-order chi connectivity index (χ1) is 10.7. The van der Waals surface area contributed by atoms with Gasteiger partial charge in [-0.15, -0.1) is 0 Å². The normalized spacial score (nSPS) is 27.5. The van der Waals surface area contributed by atoms with Crippen LogP contribution in [0.2, 0.25) is 0 Å². The molecule has 3 aliphatic heterocycles. The highest BCUT2D eigenvalue weighted by atomic mass is 16.2. The summed E-state index contributed by atoms with van der Waals surface area (Å²) in [5.74, 6) is 0.260. The van der Waals surface area contributed by atoms with Crippen LogP contribution in [0, 0.1) is 0 Å². The van der Waals surface area contributed by atoms with Gasteiger partial charge >= 0.3 is 0 Å². The molecule has 2 unspecified atom stereocenters. The fourth-order valence-electron chi connectivity index (χ4n) is 4.08. The Morgan fingerprint density at radius 1 is 1.14 bits per heavy atom. The molecule has 1 aromatic carbocycles. The maximum absolute atomic E-state index is 12.8. The number of hydrogen-bond donors (Lipinski definition) is 1. The van der Waals surface area contributed by atoms with Crippen molar-refractivity contribution in [2.75, 3.05) is 13.1 Å². The summed E-state index contributed by atoms with van der Waals surface area (Å²) < 4.78 is 0. The lowest BCUT2D eigenvalue weighted by Gasteiger charge is -2.29. The molecule has 2 fully saturated rings. The second kappa shape index (κ2) is 5.39. The van der Waals surface area contributed by atoms with E-state index in [0.717, 1.165) is 25.9 Å². The molecule has 2 atom stereocenters. The van der Waals surface area contributed by atoms with Crippen molar-refractivity contribution >= 4 is 11.8 Å². The van der Waals surface area contributed by atoms with E-state index >= 15 is 0 Å². The van der Waals surface area contributed by atoms with Gasteiger partial charge in [-0.3, -0.25) is 14.5 Å². The average molecular weight is 299 g/mol. The molecule has 0 radical (unpaired) electrons. The van der Waals surface area contributed by atoms with E-state index in [9.17, 15) is 9.59 Å². The van der Waals surface area contributed by atoms with Crippen LogP contribution in [0.5, 0.6) is 0 Å². The summed E-state index contributed by atoms with van der Waals surface area (Å²) in [6.07, 6.45) is 2.43. The highest BCUT2D eigenvalue weighted by Crippen LogP contribution is 2.29. The third kappa shape index (κ3) is 2.39. The van der Waals surface area contributed by atoms with Crippen molar-refractivity contribution in [1.29, 1.82) is 0 Å². The maximum atomic E-state index is 12.8. The molecule has 0 aromatic heterocycles. The van der Waals surface area contributed by atoms with E-state index in [1.807, 2.05) is 4.90 Å². The monoisotopic (exact) mass is 299 g/mol. The molecule has 2 bridgehead atoms. The fourth-order valence-corrected chi connectivity index (χ4v) is 4.08. The number of carbonyl (C=O) groups is 2. The Morgan fingerprint density at radius 2 is 1.82 bits per heavy atom. The largest absolute Gasteiger partial charge is 0.354 e. The van der Waals surface area contributed by atoms with E-state index in [2.05, 4.69) is 34.5 Å². The van der Waals surface area contributed by atoms with E-state index in [0.29, 0.717) is 19.5 Å². The summed E-state index contributed by atoms with van der Waals surface area (Å²) in [6.45, 7) is 2.77. The van der Waals surface area contributed by atoms with Crippen LogP contribution in [0.15, 0.2) is 24.3 Å². The van der Waals surface area contributed by atoms with Gasteiger partial charge in [-0.2, -0.15) is 0 Å². The molecular weight excluding hydrogens is 278 g/mol. The van der Waals surface area contributed by atoms with Crippen molar-refractivity contribution in [1.82, 2.24) is 15.1 Å². The standard InChI is InChI=1S/C17H21N3O2/c21-16-7-14-5-6-15(8-18-16)20(14)17(22)11-19-9-12-3-1-2-4-13(12)10-19/h1-4,14-15H,5-11H2,(H,18,21). The molecule has 5 heteroatoms. The SMILES string of the molecule is O=C1CC2CCC(CN1)N2C(=O)CN1Cc2ccccc2C1. The van der Waals surface area contributed by atoms with Crippen LogP contribution in [-0.4, -0.2) is 46.8 Å². The Labute approximate surface area is 130 Å². The molecular formula is C17H21N3O2. The molecule has 1 aromatic rings. The Kier molecular flexibility index (Phi) is 3.37. The molecule has 1 N–H and O–H groups in total. The molecule has 0 saturated carbocycles. The lowest BCUT2D eigenvalue weighted by Crippen LogP contribution is -2.46. The van der Waals surface area contributed by atoms with Crippen molar-refractivity contribution in [2.24, 2.45) is 0 Å². The van der Waals surface area contributed by atoms with Crippen molar-refractivity contribution in [2.45, 2.75) is 44.4 Å². The number of benzene rings is 1. The molecule has 2 amide bonds. The van der Waals surface area contributed by atoms with Gasteiger partial charge in [0.1, 0.15) is 0 Å². The van der Waals surface area contributed by atoms with E-state index in [4.69, 9.17) is 0 Å². The minimum absolute atomic E-state index is 0.0820. The van der Waals surface area contributed by atoms with Crippen LogP contribution in [-0.2, 0) is 22.7 Å². The summed E-state index contributed by atoms with van der Waals surface area (Å²) in [6, 6.07) is 8.67. The molecule has 2 saturated heterocycles. The number of fused-ring (bicyclic) bond motifs is 3. The van der Waals surface area contributed by atoms with Gasteiger partial charge in [0.2, 0.25) is 11.8 Å². The van der Waals surface area contributed by atoms with Gasteiger partial charge in [0.25, 0.3) is 0 Å². The molecule has 0 spiro atoms. The van der Waals surface area contributed by atoms with E-state index in [1.165, 1.54) is 11.1 Å². The summed E-state index contributed by atoms with van der Waals surface area (Å²) >= 11 is 0. The maximum Gasteiger partial charge on any atom is 0.237 e. The molecule has 3 heterocycles. The summed E-state index contributed by atoms with van der Waals surface area (Å²) in [4.78, 5) is 28.6. The molecule has 116 valence electrons. The highest BCUT2D eigenvalue weighted by molar-refractivity contribution is 5.83. The van der Waals surface area contributed by atoms with Gasteiger partial charge < -0.3 is 10.2 Å². The summed E-state index contributed by atoms with van der Waals surface area (Å²) in [7, 11) is 0. The minimum Gasteiger partial charge on any atom is -0.354 e. The van der Waals surface area contributed by atoms with Crippen LogP contribution in [0.4, 0.5) is 0 Å². The predicted octanol–water partition coefficient (Wildman–Crippen LogP) is 0.882. The first kappa shape index (κ1) is 13.8. The topological polar surface area (TPSA) is 52.7 Å². The number of carbonyl (C=O) groups excluding carboxylic acids is 2. The van der Waals surface area contributed by atoms with Crippen molar-refractivity contribution in [3.63, 3.8) is 0 Å². The third-order valence-electron chi connectivity index (χ3n) is 5.13. The molecule has 0 aliphatic carbocycles. The number of nitrogens with zero attached hydrogens (tertiary/aromatic N) is 2. The van der Waals surface area contributed by atoms with Gasteiger partial charge in [-0.1, -0.05) is 24.3 Å². The average Bonchev–Trinajstić information content (AvgIpc) is 3.02. The summed E-state index contributed by atoms with van der Waals surface area (Å²) in [5, 5.41) is 2.92. The quantitative estimate of drug-likeness (QED) is 0.882. The second-order valence-corrected chi connectivity index (χ2v) is 6.61. The van der Waals surface area contributed by atoms with Crippen molar-refractivity contribution in [3.05, 3.63) is 35.4 Å². The molecule has 4 rings (SSSR count). The van der Waals surface area contributed by atoms with Crippen LogP contribution in [0.3, 0.4) is 0 Å². The Morgan fingerprint density at radius 3 is 2.55 bits per heavy atom. The van der Waals surface area contributed by atoms with Gasteiger partial charge in [-0.05, 0) is 24.0 Å². The fraction of sp³-hybridized carbons (Fsp3) is 0.529. The smallest absolute Gasteiger partial charge is 0.237 e.